The number of rotatable bonds is 6. The van der Waals surface area contributed by atoms with Gasteiger partial charge in [0.2, 0.25) is 0 Å². The minimum absolute atomic E-state index is 0.377. The first-order valence-corrected chi connectivity index (χ1v) is 8.01. The van der Waals surface area contributed by atoms with E-state index in [1.165, 1.54) is 0 Å². The maximum absolute atomic E-state index is 10.2. The Balaban J connectivity index is 1.90. The van der Waals surface area contributed by atoms with Crippen LogP contribution in [0.25, 0.3) is 0 Å². The molecule has 108 valence electrons. The average Bonchev–Trinajstić information content (AvgIpc) is 2.86. The summed E-state index contributed by atoms with van der Waals surface area (Å²) in [5.74, 6) is 0. The highest BCUT2D eigenvalue weighted by molar-refractivity contribution is 7.09. The van der Waals surface area contributed by atoms with Crippen LogP contribution in [0.5, 0.6) is 0 Å². The molecule has 0 fully saturated rings. The topological polar surface area (TPSA) is 45.2 Å². The van der Waals surface area contributed by atoms with Crippen LogP contribution in [0, 0.1) is 0 Å². The fourth-order valence-electron chi connectivity index (χ4n) is 1.86. The van der Waals surface area contributed by atoms with E-state index in [2.05, 4.69) is 17.2 Å². The van der Waals surface area contributed by atoms with Crippen molar-refractivity contribution in [1.82, 2.24) is 10.3 Å². The lowest BCUT2D eigenvalue weighted by Crippen LogP contribution is -2.21. The van der Waals surface area contributed by atoms with Gasteiger partial charge >= 0.3 is 0 Å². The average molecular weight is 331 g/mol. The van der Waals surface area contributed by atoms with E-state index in [1.54, 1.807) is 29.5 Å². The Hall–Kier alpha value is -0.650. The first-order chi connectivity index (χ1) is 9.61. The van der Waals surface area contributed by atoms with Crippen LogP contribution in [0.4, 0.5) is 0 Å². The molecule has 1 unspecified atom stereocenters. The number of aliphatic hydroxyl groups is 1. The summed E-state index contributed by atoms with van der Waals surface area (Å²) in [4.78, 5) is 4.46. The number of nitrogens with zero attached hydrogens (tertiary/aromatic N) is 1. The smallest absolute Gasteiger partial charge is 0.0943 e. The van der Waals surface area contributed by atoms with Crippen molar-refractivity contribution in [3.8, 4) is 0 Å². The number of nitrogens with one attached hydrogen (secondary N) is 1. The minimum atomic E-state index is -0.736. The Kier molecular flexibility index (Phi) is 5.81. The van der Waals surface area contributed by atoms with Crippen molar-refractivity contribution in [2.75, 3.05) is 6.54 Å². The zero-order valence-corrected chi connectivity index (χ0v) is 13.4. The molecule has 2 rings (SSSR count). The molecule has 0 aliphatic heterocycles. The van der Waals surface area contributed by atoms with Crippen LogP contribution < -0.4 is 5.32 Å². The molecule has 0 saturated heterocycles. The summed E-state index contributed by atoms with van der Waals surface area (Å²) in [7, 11) is 0. The predicted molar refractivity (Wildman–Crippen MR) is 84.6 cm³/mol. The second-order valence-electron chi connectivity index (χ2n) is 4.37. The lowest BCUT2D eigenvalue weighted by atomic mass is 10.1. The number of aromatic nitrogens is 1. The van der Waals surface area contributed by atoms with Gasteiger partial charge in [-0.15, -0.1) is 11.3 Å². The summed E-state index contributed by atoms with van der Waals surface area (Å²) >= 11 is 13.8. The lowest BCUT2D eigenvalue weighted by molar-refractivity contribution is 0.174. The SMILES string of the molecule is CCc1nc(CNCC(O)c2c(Cl)cccc2Cl)cs1. The Morgan fingerprint density at radius 1 is 1.35 bits per heavy atom. The van der Waals surface area contributed by atoms with Crippen molar-refractivity contribution < 1.29 is 5.11 Å². The van der Waals surface area contributed by atoms with E-state index in [9.17, 15) is 5.11 Å². The van der Waals surface area contributed by atoms with Crippen LogP contribution in [-0.2, 0) is 13.0 Å². The molecule has 1 heterocycles. The molecular formula is C14H16Cl2N2OS. The van der Waals surface area contributed by atoms with Crippen LogP contribution in [0.2, 0.25) is 10.0 Å². The van der Waals surface area contributed by atoms with Gasteiger partial charge in [-0.25, -0.2) is 4.98 Å². The van der Waals surface area contributed by atoms with Gasteiger partial charge in [0.1, 0.15) is 0 Å². The third-order valence-electron chi connectivity index (χ3n) is 2.88. The highest BCUT2D eigenvalue weighted by Crippen LogP contribution is 2.29. The molecule has 1 aromatic carbocycles. The van der Waals surface area contributed by atoms with Crippen molar-refractivity contribution in [2.24, 2.45) is 0 Å². The van der Waals surface area contributed by atoms with Gasteiger partial charge in [0.15, 0.2) is 0 Å². The second-order valence-corrected chi connectivity index (χ2v) is 6.13. The van der Waals surface area contributed by atoms with E-state index < -0.39 is 6.10 Å². The molecule has 6 heteroatoms. The van der Waals surface area contributed by atoms with Gasteiger partial charge in [0.05, 0.1) is 16.8 Å². The molecular weight excluding hydrogens is 315 g/mol. The minimum Gasteiger partial charge on any atom is -0.387 e. The van der Waals surface area contributed by atoms with Crippen LogP contribution in [0.15, 0.2) is 23.6 Å². The van der Waals surface area contributed by atoms with Crippen molar-refractivity contribution in [2.45, 2.75) is 26.0 Å². The van der Waals surface area contributed by atoms with E-state index in [4.69, 9.17) is 23.2 Å². The lowest BCUT2D eigenvalue weighted by Gasteiger charge is -2.14. The second kappa shape index (κ2) is 7.38. The number of hydrogen-bond donors (Lipinski definition) is 2. The normalized spacial score (nSPS) is 12.6. The van der Waals surface area contributed by atoms with Crippen molar-refractivity contribution >= 4 is 34.5 Å². The summed E-state index contributed by atoms with van der Waals surface area (Å²) in [6.07, 6.45) is 0.211. The van der Waals surface area contributed by atoms with Gasteiger partial charge in [0.25, 0.3) is 0 Å². The fourth-order valence-corrected chi connectivity index (χ4v) is 3.25. The van der Waals surface area contributed by atoms with E-state index in [-0.39, 0.29) is 0 Å². The van der Waals surface area contributed by atoms with Gasteiger partial charge < -0.3 is 10.4 Å². The molecule has 0 radical (unpaired) electrons. The number of benzene rings is 1. The molecule has 2 N–H and O–H groups in total. The highest BCUT2D eigenvalue weighted by Gasteiger charge is 2.15. The molecule has 0 bridgehead atoms. The van der Waals surface area contributed by atoms with Crippen LogP contribution in [0.1, 0.15) is 29.3 Å². The Morgan fingerprint density at radius 2 is 2.05 bits per heavy atom. The number of hydrogen-bond acceptors (Lipinski definition) is 4. The van der Waals surface area contributed by atoms with Crippen molar-refractivity contribution in [1.29, 1.82) is 0 Å². The Labute approximate surface area is 132 Å². The molecule has 3 nitrogen and oxygen atoms in total. The maximum Gasteiger partial charge on any atom is 0.0943 e. The standard InChI is InChI=1S/C14H16Cl2N2OS/c1-2-13-18-9(8-20-13)6-17-7-12(19)14-10(15)4-3-5-11(14)16/h3-5,8,12,17,19H,2,6-7H2,1H3. The molecule has 1 aromatic heterocycles. The summed E-state index contributed by atoms with van der Waals surface area (Å²) in [6, 6.07) is 5.20. The molecule has 1 atom stereocenters. The molecule has 20 heavy (non-hydrogen) atoms. The molecule has 0 aliphatic carbocycles. The summed E-state index contributed by atoms with van der Waals surface area (Å²) < 4.78 is 0. The zero-order chi connectivity index (χ0) is 14.5. The largest absolute Gasteiger partial charge is 0.387 e. The molecule has 2 aromatic rings. The first-order valence-electron chi connectivity index (χ1n) is 6.37. The van der Waals surface area contributed by atoms with Gasteiger partial charge in [-0.2, -0.15) is 0 Å². The Bertz CT molecular complexity index is 554. The number of halogens is 2. The first kappa shape index (κ1) is 15.7. The fraction of sp³-hybridized carbons (Fsp3) is 0.357. The van der Waals surface area contributed by atoms with Gasteiger partial charge in [0, 0.05) is 34.1 Å². The quantitative estimate of drug-likeness (QED) is 0.845. The predicted octanol–water partition coefficient (Wildman–Crippen LogP) is 3.84. The van der Waals surface area contributed by atoms with Crippen molar-refractivity contribution in [3.63, 3.8) is 0 Å². The van der Waals surface area contributed by atoms with Crippen molar-refractivity contribution in [3.05, 3.63) is 49.9 Å². The maximum atomic E-state index is 10.2. The summed E-state index contributed by atoms with van der Waals surface area (Å²) in [5.41, 5.74) is 1.56. The van der Waals surface area contributed by atoms with E-state index >= 15 is 0 Å². The van der Waals surface area contributed by atoms with Gasteiger partial charge in [-0.05, 0) is 18.6 Å². The molecule has 0 aliphatic rings. The third-order valence-corrected chi connectivity index (χ3v) is 4.58. The number of aliphatic hydroxyl groups excluding tert-OH is 1. The van der Waals surface area contributed by atoms with E-state index in [0.29, 0.717) is 28.7 Å². The summed E-state index contributed by atoms with van der Waals surface area (Å²) in [5, 5.41) is 17.4. The van der Waals surface area contributed by atoms with Crippen LogP contribution in [-0.4, -0.2) is 16.6 Å². The molecule has 0 saturated carbocycles. The van der Waals surface area contributed by atoms with E-state index in [0.717, 1.165) is 17.1 Å². The van der Waals surface area contributed by atoms with Gasteiger partial charge in [-0.3, -0.25) is 0 Å². The van der Waals surface area contributed by atoms with Gasteiger partial charge in [-0.1, -0.05) is 36.2 Å². The number of thiazole rings is 1. The summed E-state index contributed by atoms with van der Waals surface area (Å²) in [6.45, 7) is 3.08. The molecule has 0 amide bonds. The van der Waals surface area contributed by atoms with E-state index in [1.807, 2.05) is 5.38 Å². The third kappa shape index (κ3) is 3.93. The molecule has 0 spiro atoms. The zero-order valence-electron chi connectivity index (χ0n) is 11.1. The number of aryl methyl sites for hydroxylation is 1. The van der Waals surface area contributed by atoms with Crippen LogP contribution >= 0.6 is 34.5 Å². The Morgan fingerprint density at radius 3 is 2.65 bits per heavy atom. The highest BCUT2D eigenvalue weighted by atomic mass is 35.5. The monoisotopic (exact) mass is 330 g/mol. The van der Waals surface area contributed by atoms with Crippen LogP contribution in [0.3, 0.4) is 0 Å².